The molecule has 0 aliphatic carbocycles. The highest BCUT2D eigenvalue weighted by Crippen LogP contribution is 2.27. The van der Waals surface area contributed by atoms with E-state index in [1.807, 2.05) is 30.3 Å². The van der Waals surface area contributed by atoms with Crippen LogP contribution in [0.1, 0.15) is 31.8 Å². The number of benzene rings is 3. The van der Waals surface area contributed by atoms with Crippen molar-refractivity contribution in [2.24, 2.45) is 0 Å². The fourth-order valence-electron chi connectivity index (χ4n) is 3.56. The monoisotopic (exact) mass is 572 g/mol. The first-order chi connectivity index (χ1) is 18.5. The maximum absolute atomic E-state index is 12.9. The third kappa shape index (κ3) is 8.36. The van der Waals surface area contributed by atoms with Crippen molar-refractivity contribution < 1.29 is 29.4 Å². The zero-order chi connectivity index (χ0) is 28.5. The molecule has 0 saturated heterocycles. The molecule has 3 rings (SSSR count). The molecular formula is C27H26Cl2N4O6. The third-order valence-corrected chi connectivity index (χ3v) is 6.16. The van der Waals surface area contributed by atoms with Gasteiger partial charge in [-0.1, -0.05) is 65.7 Å². The number of carboxylic acids is 1. The van der Waals surface area contributed by atoms with Crippen LogP contribution in [0.15, 0.2) is 66.7 Å². The number of hydrogen-bond acceptors (Lipinski definition) is 5. The number of amides is 4. The maximum atomic E-state index is 12.9. The standard InChI is InChI=1S/C27H26Cl2N4O6/c1-33(15-16-6-3-2-4-7-16)27(39)31-14-22(26(37)38)32-25(36)23-20(28)11-18(12-21(23)29)24(35)30-13-17-8-5-9-19(34)10-17/h2-12,22,34H,13-15H2,1H3,(H,30,35)(H,31,39)(H,32,36)(H,37,38). The summed E-state index contributed by atoms with van der Waals surface area (Å²) < 4.78 is 0. The van der Waals surface area contributed by atoms with Gasteiger partial charge in [-0.2, -0.15) is 0 Å². The minimum Gasteiger partial charge on any atom is -0.508 e. The molecule has 39 heavy (non-hydrogen) atoms. The quantitative estimate of drug-likeness (QED) is 0.250. The molecule has 0 spiro atoms. The van der Waals surface area contributed by atoms with Crippen LogP contribution in [0, 0.1) is 0 Å². The molecule has 1 atom stereocenters. The molecule has 0 aromatic heterocycles. The molecule has 0 aliphatic rings. The van der Waals surface area contributed by atoms with Gasteiger partial charge in [0, 0.05) is 25.7 Å². The van der Waals surface area contributed by atoms with E-state index in [2.05, 4.69) is 16.0 Å². The number of hydrogen-bond donors (Lipinski definition) is 5. The van der Waals surface area contributed by atoms with Gasteiger partial charge in [-0.3, -0.25) is 9.59 Å². The second-order valence-electron chi connectivity index (χ2n) is 8.56. The van der Waals surface area contributed by atoms with E-state index in [0.717, 1.165) is 5.56 Å². The number of urea groups is 1. The highest BCUT2D eigenvalue weighted by atomic mass is 35.5. The third-order valence-electron chi connectivity index (χ3n) is 5.57. The number of carboxylic acid groups (broad SMARTS) is 1. The lowest BCUT2D eigenvalue weighted by Crippen LogP contribution is -2.50. The SMILES string of the molecule is CN(Cc1ccccc1)C(=O)NCC(NC(=O)c1c(Cl)cc(C(=O)NCc2cccc(O)c2)cc1Cl)C(=O)O. The van der Waals surface area contributed by atoms with E-state index in [4.69, 9.17) is 23.2 Å². The Kier molecular flexibility index (Phi) is 10.1. The van der Waals surface area contributed by atoms with Gasteiger partial charge in [0.15, 0.2) is 0 Å². The van der Waals surface area contributed by atoms with Crippen molar-refractivity contribution in [2.45, 2.75) is 19.1 Å². The van der Waals surface area contributed by atoms with Crippen LogP contribution in [0.25, 0.3) is 0 Å². The number of rotatable bonds is 10. The first-order valence-corrected chi connectivity index (χ1v) is 12.4. The van der Waals surface area contributed by atoms with Crippen molar-refractivity contribution in [2.75, 3.05) is 13.6 Å². The minimum atomic E-state index is -1.48. The van der Waals surface area contributed by atoms with Crippen molar-refractivity contribution in [3.05, 3.63) is 99.0 Å². The number of halogens is 2. The first-order valence-electron chi connectivity index (χ1n) is 11.7. The molecule has 12 heteroatoms. The topological polar surface area (TPSA) is 148 Å². The molecule has 1 unspecified atom stereocenters. The van der Waals surface area contributed by atoms with Crippen molar-refractivity contribution in [1.82, 2.24) is 20.9 Å². The molecular weight excluding hydrogens is 547 g/mol. The summed E-state index contributed by atoms with van der Waals surface area (Å²) in [6, 6.07) is 16.0. The second-order valence-corrected chi connectivity index (χ2v) is 9.37. The molecule has 0 aliphatic heterocycles. The molecule has 3 aromatic carbocycles. The van der Waals surface area contributed by atoms with E-state index in [1.54, 1.807) is 19.2 Å². The van der Waals surface area contributed by atoms with Crippen molar-refractivity contribution in [1.29, 1.82) is 0 Å². The lowest BCUT2D eigenvalue weighted by molar-refractivity contribution is -0.139. The molecule has 0 fully saturated rings. The Hall–Kier alpha value is -4.28. The number of phenolic OH excluding ortho intramolecular Hbond substituents is 1. The molecule has 204 valence electrons. The van der Waals surface area contributed by atoms with Crippen LogP contribution in [0.5, 0.6) is 5.75 Å². The Bertz CT molecular complexity index is 1350. The fourth-order valence-corrected chi connectivity index (χ4v) is 4.21. The smallest absolute Gasteiger partial charge is 0.328 e. The van der Waals surface area contributed by atoms with Crippen molar-refractivity contribution >= 4 is 47.0 Å². The van der Waals surface area contributed by atoms with E-state index in [9.17, 15) is 29.4 Å². The van der Waals surface area contributed by atoms with Crippen LogP contribution in [-0.2, 0) is 17.9 Å². The molecule has 3 aromatic rings. The average molecular weight is 573 g/mol. The normalized spacial score (nSPS) is 11.3. The Morgan fingerprint density at radius 3 is 2.13 bits per heavy atom. The average Bonchev–Trinajstić information content (AvgIpc) is 2.89. The van der Waals surface area contributed by atoms with Gasteiger partial charge in [0.2, 0.25) is 0 Å². The summed E-state index contributed by atoms with van der Waals surface area (Å²) in [7, 11) is 1.55. The number of aromatic hydroxyl groups is 1. The summed E-state index contributed by atoms with van der Waals surface area (Å²) in [6.07, 6.45) is 0. The Labute approximate surface area is 234 Å². The summed E-state index contributed by atoms with van der Waals surface area (Å²) in [5, 5.41) is 26.2. The summed E-state index contributed by atoms with van der Waals surface area (Å²) in [5.74, 6) is -2.75. The second kappa shape index (κ2) is 13.5. The number of carbonyl (C=O) groups excluding carboxylic acids is 3. The van der Waals surface area contributed by atoms with Crippen LogP contribution >= 0.6 is 23.2 Å². The van der Waals surface area contributed by atoms with Gasteiger partial charge in [0.1, 0.15) is 11.8 Å². The van der Waals surface area contributed by atoms with E-state index < -0.39 is 36.4 Å². The number of phenols is 1. The van der Waals surface area contributed by atoms with E-state index in [1.165, 1.54) is 29.2 Å². The zero-order valence-electron chi connectivity index (χ0n) is 20.8. The highest BCUT2D eigenvalue weighted by Gasteiger charge is 2.25. The predicted octanol–water partition coefficient (Wildman–Crippen LogP) is 3.65. The van der Waals surface area contributed by atoms with Gasteiger partial charge in [-0.05, 0) is 35.4 Å². The van der Waals surface area contributed by atoms with Crippen LogP contribution in [0.4, 0.5) is 4.79 Å². The Morgan fingerprint density at radius 1 is 0.872 bits per heavy atom. The number of nitrogens with zero attached hydrogens (tertiary/aromatic N) is 1. The minimum absolute atomic E-state index is 0.0571. The van der Waals surface area contributed by atoms with Gasteiger partial charge in [-0.25, -0.2) is 9.59 Å². The summed E-state index contributed by atoms with van der Waals surface area (Å²) in [5.41, 5.74) is 1.40. The number of aliphatic carboxylic acids is 1. The van der Waals surface area contributed by atoms with Crippen molar-refractivity contribution in [3.8, 4) is 5.75 Å². The van der Waals surface area contributed by atoms with Gasteiger partial charge >= 0.3 is 12.0 Å². The molecule has 0 bridgehead atoms. The number of nitrogens with one attached hydrogen (secondary N) is 3. The van der Waals surface area contributed by atoms with Gasteiger partial charge < -0.3 is 31.1 Å². The number of carbonyl (C=O) groups is 4. The molecule has 0 heterocycles. The lowest BCUT2D eigenvalue weighted by Gasteiger charge is -2.21. The van der Waals surface area contributed by atoms with E-state index >= 15 is 0 Å². The molecule has 4 amide bonds. The Morgan fingerprint density at radius 2 is 1.51 bits per heavy atom. The summed E-state index contributed by atoms with van der Waals surface area (Å²) in [6.45, 7) is 0.0246. The van der Waals surface area contributed by atoms with Crippen LogP contribution in [-0.4, -0.2) is 58.6 Å². The molecule has 5 N–H and O–H groups in total. The fraction of sp³-hybridized carbons (Fsp3) is 0.185. The first kappa shape index (κ1) is 29.3. The highest BCUT2D eigenvalue weighted by molar-refractivity contribution is 6.40. The predicted molar refractivity (Wildman–Crippen MR) is 146 cm³/mol. The molecule has 0 radical (unpaired) electrons. The lowest BCUT2D eigenvalue weighted by atomic mass is 10.1. The summed E-state index contributed by atoms with van der Waals surface area (Å²) >= 11 is 12.5. The molecule has 0 saturated carbocycles. The van der Waals surface area contributed by atoms with Crippen molar-refractivity contribution in [3.63, 3.8) is 0 Å². The molecule has 10 nitrogen and oxygen atoms in total. The van der Waals surface area contributed by atoms with Gasteiger partial charge in [0.25, 0.3) is 11.8 Å². The van der Waals surface area contributed by atoms with E-state index in [0.29, 0.717) is 12.1 Å². The zero-order valence-corrected chi connectivity index (χ0v) is 22.3. The van der Waals surface area contributed by atoms with Crippen LogP contribution in [0.3, 0.4) is 0 Å². The van der Waals surface area contributed by atoms with Crippen LogP contribution in [0.2, 0.25) is 10.0 Å². The van der Waals surface area contributed by atoms with Gasteiger partial charge in [-0.15, -0.1) is 0 Å². The maximum Gasteiger partial charge on any atom is 0.328 e. The van der Waals surface area contributed by atoms with Crippen LogP contribution < -0.4 is 16.0 Å². The summed E-state index contributed by atoms with van der Waals surface area (Å²) in [4.78, 5) is 51.0. The van der Waals surface area contributed by atoms with Gasteiger partial charge in [0.05, 0.1) is 22.2 Å². The largest absolute Gasteiger partial charge is 0.508 e. The Balaban J connectivity index is 1.61. The van der Waals surface area contributed by atoms with E-state index in [-0.39, 0.29) is 33.5 Å².